The van der Waals surface area contributed by atoms with Crippen molar-refractivity contribution in [2.45, 2.75) is 33.4 Å². The van der Waals surface area contributed by atoms with Crippen LogP contribution in [-0.2, 0) is 27.4 Å². The summed E-state index contributed by atoms with van der Waals surface area (Å²) < 4.78 is 6.18. The number of rotatable bonds is 10. The fraction of sp³-hybridized carbons (Fsp3) is 0.421. The van der Waals surface area contributed by atoms with Crippen molar-refractivity contribution in [1.82, 2.24) is 20.0 Å². The Kier molecular flexibility index (Phi) is 8.53. The summed E-state index contributed by atoms with van der Waals surface area (Å²) in [5, 5.41) is 8.61. The number of esters is 1. The Bertz CT molecular complexity index is 894. The maximum Gasteiger partial charge on any atom is 0.359 e. The second-order valence-corrected chi connectivity index (χ2v) is 7.15. The van der Waals surface area contributed by atoms with Crippen LogP contribution in [0.1, 0.15) is 35.6 Å². The van der Waals surface area contributed by atoms with E-state index in [0.717, 1.165) is 4.88 Å². The number of nitrogens with one attached hydrogen (secondary N) is 1. The number of likely N-dealkylation sites (N-methyl/N-ethyl adjacent to an activating group) is 1. The maximum absolute atomic E-state index is 12.3. The molecule has 0 fully saturated rings. The Balaban J connectivity index is 1.85. The third-order valence-electron chi connectivity index (χ3n) is 3.95. The summed E-state index contributed by atoms with van der Waals surface area (Å²) in [6.07, 6.45) is 0.684. The van der Waals surface area contributed by atoms with Gasteiger partial charge >= 0.3 is 5.97 Å². The molecule has 0 atom stereocenters. The van der Waals surface area contributed by atoms with Gasteiger partial charge in [-0.15, -0.1) is 11.3 Å². The van der Waals surface area contributed by atoms with Crippen LogP contribution in [0.5, 0.6) is 0 Å². The average Bonchev–Trinajstić information content (AvgIpc) is 3.24. The van der Waals surface area contributed by atoms with Crippen LogP contribution in [-0.4, -0.2) is 52.2 Å². The van der Waals surface area contributed by atoms with E-state index in [1.54, 1.807) is 6.92 Å². The third kappa shape index (κ3) is 6.83. The van der Waals surface area contributed by atoms with Crippen LogP contribution in [0, 0.1) is 0 Å². The Morgan fingerprint density at radius 3 is 2.69 bits per heavy atom. The number of hydrogen-bond donors (Lipinski definition) is 1. The molecule has 0 unspecified atom stereocenters. The predicted octanol–water partition coefficient (Wildman–Crippen LogP) is 1.04. The standard InChI is InChI=1S/C19H24N4O5S/c1-3-9-23-17(25)8-7-15(21-23)19(27)28-13-18(26)22(4-2)12-16(24)20-11-14-6-5-10-29-14/h5-8,10H,3-4,9,11-13H2,1-2H3,(H,20,24). The molecular weight excluding hydrogens is 396 g/mol. The van der Waals surface area contributed by atoms with Gasteiger partial charge in [-0.05, 0) is 30.9 Å². The molecule has 0 saturated heterocycles. The van der Waals surface area contributed by atoms with Crippen LogP contribution in [0.3, 0.4) is 0 Å². The number of ether oxygens (including phenoxy) is 1. The molecular formula is C19H24N4O5S. The normalized spacial score (nSPS) is 10.4. The molecule has 0 aromatic carbocycles. The van der Waals surface area contributed by atoms with Gasteiger partial charge in [0, 0.05) is 24.0 Å². The quantitative estimate of drug-likeness (QED) is 0.575. The Labute approximate surface area is 172 Å². The van der Waals surface area contributed by atoms with Crippen molar-refractivity contribution >= 4 is 29.1 Å². The number of thiophene rings is 1. The highest BCUT2D eigenvalue weighted by Gasteiger charge is 2.19. The molecule has 2 aromatic rings. The van der Waals surface area contributed by atoms with Crippen molar-refractivity contribution in [3.05, 3.63) is 50.6 Å². The molecule has 2 amide bonds. The molecule has 0 bridgehead atoms. The van der Waals surface area contributed by atoms with E-state index in [-0.39, 0.29) is 23.7 Å². The molecule has 29 heavy (non-hydrogen) atoms. The number of nitrogens with zero attached hydrogens (tertiary/aromatic N) is 3. The van der Waals surface area contributed by atoms with Gasteiger partial charge in [-0.3, -0.25) is 14.4 Å². The van der Waals surface area contributed by atoms with Gasteiger partial charge in [-0.2, -0.15) is 5.10 Å². The first-order valence-electron chi connectivity index (χ1n) is 9.26. The van der Waals surface area contributed by atoms with Gasteiger partial charge in [0.15, 0.2) is 12.3 Å². The van der Waals surface area contributed by atoms with Crippen molar-refractivity contribution in [1.29, 1.82) is 0 Å². The van der Waals surface area contributed by atoms with E-state index in [0.29, 0.717) is 26.1 Å². The SMILES string of the molecule is CCCn1nc(C(=O)OCC(=O)N(CC)CC(=O)NCc2cccs2)ccc1=O. The summed E-state index contributed by atoms with van der Waals surface area (Å²) >= 11 is 1.53. The predicted molar refractivity (Wildman–Crippen MR) is 107 cm³/mol. The number of aromatic nitrogens is 2. The van der Waals surface area contributed by atoms with Gasteiger partial charge in [0.25, 0.3) is 11.5 Å². The van der Waals surface area contributed by atoms with Crippen molar-refractivity contribution in [3.8, 4) is 0 Å². The first-order chi connectivity index (χ1) is 13.9. The second-order valence-electron chi connectivity index (χ2n) is 6.12. The van der Waals surface area contributed by atoms with E-state index in [4.69, 9.17) is 4.74 Å². The zero-order chi connectivity index (χ0) is 21.2. The van der Waals surface area contributed by atoms with E-state index in [1.807, 2.05) is 24.4 Å². The molecule has 10 heteroatoms. The topological polar surface area (TPSA) is 111 Å². The van der Waals surface area contributed by atoms with E-state index in [2.05, 4.69) is 10.4 Å². The highest BCUT2D eigenvalue weighted by Crippen LogP contribution is 2.07. The summed E-state index contributed by atoms with van der Waals surface area (Å²) in [4.78, 5) is 50.5. The zero-order valence-corrected chi connectivity index (χ0v) is 17.2. The molecule has 0 radical (unpaired) electrons. The summed E-state index contributed by atoms with van der Waals surface area (Å²) in [5.74, 6) is -1.59. The number of carbonyl (C=O) groups excluding carboxylic acids is 3. The van der Waals surface area contributed by atoms with Crippen molar-refractivity contribution < 1.29 is 19.1 Å². The molecule has 2 heterocycles. The molecule has 156 valence electrons. The van der Waals surface area contributed by atoms with Gasteiger partial charge in [0.05, 0.1) is 13.1 Å². The summed E-state index contributed by atoms with van der Waals surface area (Å²) in [7, 11) is 0. The minimum Gasteiger partial charge on any atom is -0.451 e. The summed E-state index contributed by atoms with van der Waals surface area (Å²) in [6.45, 7) is 4.04. The Morgan fingerprint density at radius 1 is 1.24 bits per heavy atom. The van der Waals surface area contributed by atoms with E-state index >= 15 is 0 Å². The van der Waals surface area contributed by atoms with E-state index < -0.39 is 18.5 Å². The lowest BCUT2D eigenvalue weighted by molar-refractivity contribution is -0.138. The molecule has 0 aliphatic heterocycles. The molecule has 2 rings (SSSR count). The fourth-order valence-electron chi connectivity index (χ4n) is 2.43. The van der Waals surface area contributed by atoms with Crippen LogP contribution in [0.15, 0.2) is 34.4 Å². The number of amides is 2. The van der Waals surface area contributed by atoms with Crippen molar-refractivity contribution in [2.24, 2.45) is 0 Å². The van der Waals surface area contributed by atoms with Crippen molar-refractivity contribution in [2.75, 3.05) is 19.7 Å². The molecule has 0 saturated carbocycles. The number of aryl methyl sites for hydroxylation is 1. The monoisotopic (exact) mass is 420 g/mol. The minimum absolute atomic E-state index is 0.0532. The lowest BCUT2D eigenvalue weighted by atomic mass is 10.4. The summed E-state index contributed by atoms with van der Waals surface area (Å²) in [5.41, 5.74) is -0.368. The first-order valence-corrected chi connectivity index (χ1v) is 10.1. The van der Waals surface area contributed by atoms with Crippen LogP contribution >= 0.6 is 11.3 Å². The summed E-state index contributed by atoms with van der Waals surface area (Å²) in [6, 6.07) is 6.30. The molecule has 0 aliphatic carbocycles. The van der Waals surface area contributed by atoms with Crippen LogP contribution in [0.4, 0.5) is 0 Å². The fourth-order valence-corrected chi connectivity index (χ4v) is 3.07. The smallest absolute Gasteiger partial charge is 0.359 e. The first kappa shape index (κ1) is 22.3. The molecule has 0 spiro atoms. The van der Waals surface area contributed by atoms with Gasteiger partial charge in [-0.1, -0.05) is 13.0 Å². The van der Waals surface area contributed by atoms with E-state index in [9.17, 15) is 19.2 Å². The zero-order valence-electron chi connectivity index (χ0n) is 16.4. The highest BCUT2D eigenvalue weighted by molar-refractivity contribution is 7.09. The number of hydrogen-bond acceptors (Lipinski definition) is 7. The van der Waals surface area contributed by atoms with Crippen LogP contribution in [0.25, 0.3) is 0 Å². The molecule has 2 aromatic heterocycles. The minimum atomic E-state index is -0.804. The van der Waals surface area contributed by atoms with Crippen molar-refractivity contribution in [3.63, 3.8) is 0 Å². The molecule has 0 aliphatic rings. The van der Waals surface area contributed by atoms with Gasteiger partial charge < -0.3 is 15.0 Å². The maximum atomic E-state index is 12.3. The lowest BCUT2D eigenvalue weighted by Gasteiger charge is -2.20. The number of carbonyl (C=O) groups is 3. The van der Waals surface area contributed by atoms with Crippen LogP contribution in [0.2, 0.25) is 0 Å². The Hall–Kier alpha value is -3.01. The van der Waals surface area contributed by atoms with Gasteiger partial charge in [0.2, 0.25) is 5.91 Å². The third-order valence-corrected chi connectivity index (χ3v) is 4.82. The average molecular weight is 420 g/mol. The van der Waals surface area contributed by atoms with Gasteiger partial charge in [0.1, 0.15) is 0 Å². The largest absolute Gasteiger partial charge is 0.451 e. The van der Waals surface area contributed by atoms with Crippen LogP contribution < -0.4 is 10.9 Å². The molecule has 9 nitrogen and oxygen atoms in total. The Morgan fingerprint density at radius 2 is 2.03 bits per heavy atom. The van der Waals surface area contributed by atoms with Gasteiger partial charge in [-0.25, -0.2) is 9.48 Å². The highest BCUT2D eigenvalue weighted by atomic mass is 32.1. The van der Waals surface area contributed by atoms with E-state index in [1.165, 1.54) is 33.1 Å². The lowest BCUT2D eigenvalue weighted by Crippen LogP contribution is -2.42. The second kappa shape index (κ2) is 11.1. The molecule has 1 N–H and O–H groups in total.